The normalized spacial score (nSPS) is 21.5. The Labute approximate surface area is 104 Å². The summed E-state index contributed by atoms with van der Waals surface area (Å²) in [7, 11) is 0. The van der Waals surface area contributed by atoms with E-state index in [-0.39, 0.29) is 5.41 Å². The molecular formula is C15H23NO. The molecule has 1 fully saturated rings. The van der Waals surface area contributed by atoms with Crippen LogP contribution in [0.3, 0.4) is 0 Å². The smallest absolute Gasteiger partial charge is 0.0623 e. The molecule has 1 saturated heterocycles. The van der Waals surface area contributed by atoms with Crippen LogP contribution in [0.4, 0.5) is 0 Å². The summed E-state index contributed by atoms with van der Waals surface area (Å²) in [5, 5.41) is 3.49. The monoisotopic (exact) mass is 233 g/mol. The number of hydrogen-bond donors (Lipinski definition) is 1. The van der Waals surface area contributed by atoms with Crippen molar-refractivity contribution in [2.75, 3.05) is 19.8 Å². The summed E-state index contributed by atoms with van der Waals surface area (Å²) in [6.45, 7) is 9.40. The van der Waals surface area contributed by atoms with Crippen LogP contribution in [0.5, 0.6) is 0 Å². The lowest BCUT2D eigenvalue weighted by molar-refractivity contribution is 0.0770. The number of morpholine rings is 1. The molecule has 0 radical (unpaired) electrons. The van der Waals surface area contributed by atoms with E-state index >= 15 is 0 Å². The second-order valence-electron chi connectivity index (χ2n) is 5.88. The highest BCUT2D eigenvalue weighted by molar-refractivity contribution is 5.28. The maximum atomic E-state index is 5.47. The van der Waals surface area contributed by atoms with Crippen LogP contribution in [0.1, 0.15) is 31.9 Å². The lowest BCUT2D eigenvalue weighted by Crippen LogP contribution is -2.42. The molecule has 0 spiro atoms. The molecule has 1 aromatic rings. The van der Waals surface area contributed by atoms with Crippen molar-refractivity contribution in [1.29, 1.82) is 0 Å². The van der Waals surface area contributed by atoms with Crippen LogP contribution in [-0.2, 0) is 16.6 Å². The van der Waals surface area contributed by atoms with Gasteiger partial charge in [-0.3, -0.25) is 0 Å². The molecule has 1 heterocycles. The predicted octanol–water partition coefficient (Wildman–Crippen LogP) is 2.52. The minimum absolute atomic E-state index is 0.241. The zero-order valence-corrected chi connectivity index (χ0v) is 11.1. The van der Waals surface area contributed by atoms with E-state index in [4.69, 9.17) is 4.74 Å². The van der Waals surface area contributed by atoms with Gasteiger partial charge in [0.15, 0.2) is 0 Å². The molecule has 2 heteroatoms. The van der Waals surface area contributed by atoms with Gasteiger partial charge in [-0.15, -0.1) is 0 Å². The van der Waals surface area contributed by atoms with E-state index in [2.05, 4.69) is 50.4 Å². The standard InChI is InChI=1S/C15H23NO/c1-15(2,3)13-6-4-12(5-7-13)10-14-11-17-9-8-16-14/h4-7,14,16H,8-11H2,1-3H3. The first kappa shape index (κ1) is 12.6. The summed E-state index contributed by atoms with van der Waals surface area (Å²) in [6, 6.07) is 9.47. The van der Waals surface area contributed by atoms with Crippen LogP contribution in [0, 0.1) is 0 Å². The Balaban J connectivity index is 1.98. The number of hydrogen-bond acceptors (Lipinski definition) is 2. The van der Waals surface area contributed by atoms with Gasteiger partial charge in [0.25, 0.3) is 0 Å². The molecule has 94 valence electrons. The lowest BCUT2D eigenvalue weighted by atomic mass is 9.86. The van der Waals surface area contributed by atoms with E-state index in [9.17, 15) is 0 Å². The summed E-state index contributed by atoms with van der Waals surface area (Å²) in [5.41, 5.74) is 3.03. The summed E-state index contributed by atoms with van der Waals surface area (Å²) < 4.78 is 5.47. The molecule has 2 nitrogen and oxygen atoms in total. The fourth-order valence-electron chi connectivity index (χ4n) is 2.18. The molecule has 0 aromatic heterocycles. The third-order valence-corrected chi connectivity index (χ3v) is 3.30. The van der Waals surface area contributed by atoms with Crippen molar-refractivity contribution in [3.8, 4) is 0 Å². The average Bonchev–Trinajstić information content (AvgIpc) is 2.30. The fourth-order valence-corrected chi connectivity index (χ4v) is 2.18. The maximum absolute atomic E-state index is 5.47. The molecule has 0 saturated carbocycles. The van der Waals surface area contributed by atoms with Crippen LogP contribution in [-0.4, -0.2) is 25.8 Å². The summed E-state index contributed by atoms with van der Waals surface area (Å²) in [6.07, 6.45) is 1.06. The number of benzene rings is 1. The van der Waals surface area contributed by atoms with Crippen LogP contribution in [0.15, 0.2) is 24.3 Å². The topological polar surface area (TPSA) is 21.3 Å². The summed E-state index contributed by atoms with van der Waals surface area (Å²) in [5.74, 6) is 0. The van der Waals surface area contributed by atoms with Gasteiger partial charge in [0.1, 0.15) is 0 Å². The van der Waals surface area contributed by atoms with Crippen molar-refractivity contribution in [2.45, 2.75) is 38.6 Å². The molecular weight excluding hydrogens is 210 g/mol. The fraction of sp³-hybridized carbons (Fsp3) is 0.600. The third-order valence-electron chi connectivity index (χ3n) is 3.30. The van der Waals surface area contributed by atoms with Crippen LogP contribution >= 0.6 is 0 Å². The molecule has 0 bridgehead atoms. The van der Waals surface area contributed by atoms with Crippen molar-refractivity contribution < 1.29 is 4.74 Å². The predicted molar refractivity (Wildman–Crippen MR) is 71.5 cm³/mol. The molecule has 1 aliphatic rings. The third kappa shape index (κ3) is 3.55. The van der Waals surface area contributed by atoms with Gasteiger partial charge >= 0.3 is 0 Å². The van der Waals surface area contributed by atoms with Crippen molar-refractivity contribution in [3.05, 3.63) is 35.4 Å². The maximum Gasteiger partial charge on any atom is 0.0623 e. The van der Waals surface area contributed by atoms with Crippen LogP contribution < -0.4 is 5.32 Å². The molecule has 0 aliphatic carbocycles. The minimum atomic E-state index is 0.241. The Morgan fingerprint density at radius 1 is 1.24 bits per heavy atom. The van der Waals surface area contributed by atoms with Gasteiger partial charge in [-0.1, -0.05) is 45.0 Å². The van der Waals surface area contributed by atoms with Gasteiger partial charge in [-0.05, 0) is 23.0 Å². The minimum Gasteiger partial charge on any atom is -0.379 e. The van der Waals surface area contributed by atoms with Gasteiger partial charge < -0.3 is 10.1 Å². The molecule has 1 atom stereocenters. The Kier molecular flexibility index (Phi) is 3.85. The van der Waals surface area contributed by atoms with Gasteiger partial charge in [-0.25, -0.2) is 0 Å². The Morgan fingerprint density at radius 2 is 1.94 bits per heavy atom. The van der Waals surface area contributed by atoms with Gasteiger partial charge in [0.05, 0.1) is 13.2 Å². The van der Waals surface area contributed by atoms with Crippen LogP contribution in [0.2, 0.25) is 0 Å². The first-order valence-corrected chi connectivity index (χ1v) is 6.46. The molecule has 1 unspecified atom stereocenters. The molecule has 1 aliphatic heterocycles. The second-order valence-corrected chi connectivity index (χ2v) is 5.88. The quantitative estimate of drug-likeness (QED) is 0.847. The summed E-state index contributed by atoms with van der Waals surface area (Å²) >= 11 is 0. The van der Waals surface area contributed by atoms with Gasteiger partial charge in [0, 0.05) is 12.6 Å². The van der Waals surface area contributed by atoms with Crippen molar-refractivity contribution in [1.82, 2.24) is 5.32 Å². The zero-order valence-electron chi connectivity index (χ0n) is 11.1. The Morgan fingerprint density at radius 3 is 2.47 bits per heavy atom. The Bertz CT molecular complexity index is 344. The van der Waals surface area contributed by atoms with Crippen molar-refractivity contribution in [3.63, 3.8) is 0 Å². The highest BCUT2D eigenvalue weighted by Crippen LogP contribution is 2.22. The van der Waals surface area contributed by atoms with E-state index in [1.165, 1.54) is 11.1 Å². The zero-order chi connectivity index (χ0) is 12.3. The first-order valence-electron chi connectivity index (χ1n) is 6.46. The number of nitrogens with one attached hydrogen (secondary N) is 1. The lowest BCUT2D eigenvalue weighted by Gasteiger charge is -2.24. The highest BCUT2D eigenvalue weighted by atomic mass is 16.5. The molecule has 2 rings (SSSR count). The van der Waals surface area contributed by atoms with Crippen molar-refractivity contribution in [2.24, 2.45) is 0 Å². The first-order chi connectivity index (χ1) is 8.05. The highest BCUT2D eigenvalue weighted by Gasteiger charge is 2.15. The van der Waals surface area contributed by atoms with Gasteiger partial charge in [0.2, 0.25) is 0 Å². The summed E-state index contributed by atoms with van der Waals surface area (Å²) in [4.78, 5) is 0. The van der Waals surface area contributed by atoms with E-state index in [0.29, 0.717) is 6.04 Å². The number of rotatable bonds is 2. The molecule has 1 aromatic carbocycles. The SMILES string of the molecule is CC(C)(C)c1ccc(CC2COCCN2)cc1. The van der Waals surface area contributed by atoms with E-state index < -0.39 is 0 Å². The van der Waals surface area contributed by atoms with E-state index in [0.717, 1.165) is 26.2 Å². The molecule has 1 N–H and O–H groups in total. The van der Waals surface area contributed by atoms with E-state index in [1.54, 1.807) is 0 Å². The largest absolute Gasteiger partial charge is 0.379 e. The number of ether oxygens (including phenoxy) is 1. The van der Waals surface area contributed by atoms with Crippen LogP contribution in [0.25, 0.3) is 0 Å². The second kappa shape index (κ2) is 5.19. The molecule has 17 heavy (non-hydrogen) atoms. The van der Waals surface area contributed by atoms with E-state index in [1.807, 2.05) is 0 Å². The Hall–Kier alpha value is -0.860. The van der Waals surface area contributed by atoms with Crippen molar-refractivity contribution >= 4 is 0 Å². The molecule has 0 amide bonds. The average molecular weight is 233 g/mol. The van der Waals surface area contributed by atoms with Gasteiger partial charge in [-0.2, -0.15) is 0 Å².